The molecule has 0 saturated heterocycles. The highest BCUT2D eigenvalue weighted by molar-refractivity contribution is 6.19. The number of aliphatic imine (C=N–C) groups is 1. The van der Waals surface area contributed by atoms with Crippen molar-refractivity contribution in [2.24, 2.45) is 10.4 Å². The summed E-state index contributed by atoms with van der Waals surface area (Å²) in [6.07, 6.45) is -0.0949. The molecule has 1 rings (SSSR count). The monoisotopic (exact) mass is 233 g/mol. The van der Waals surface area contributed by atoms with Crippen molar-refractivity contribution < 1.29 is 9.84 Å². The maximum Gasteiger partial charge on any atom is 0.191 e. The lowest BCUT2D eigenvalue weighted by Crippen LogP contribution is -2.40. The van der Waals surface area contributed by atoms with Crippen molar-refractivity contribution in [3.05, 3.63) is 0 Å². The summed E-state index contributed by atoms with van der Waals surface area (Å²) in [7, 11) is 0. The summed E-state index contributed by atoms with van der Waals surface area (Å²) in [5, 5.41) is 9.92. The Morgan fingerprint density at radius 1 is 1.40 bits per heavy atom. The SMILES string of the molecule is CC1OC(C(C)(C)CCl)=NC1C(C)(C)O. The van der Waals surface area contributed by atoms with Crippen molar-refractivity contribution in [1.29, 1.82) is 0 Å². The minimum atomic E-state index is -0.858. The van der Waals surface area contributed by atoms with Gasteiger partial charge in [0.05, 0.1) is 11.0 Å². The quantitative estimate of drug-likeness (QED) is 0.760. The van der Waals surface area contributed by atoms with Gasteiger partial charge in [-0.3, -0.25) is 0 Å². The fourth-order valence-electron chi connectivity index (χ4n) is 1.63. The van der Waals surface area contributed by atoms with E-state index >= 15 is 0 Å². The highest BCUT2D eigenvalue weighted by Gasteiger charge is 2.42. The predicted molar refractivity (Wildman–Crippen MR) is 62.6 cm³/mol. The second-order valence-electron chi connectivity index (χ2n) is 5.37. The van der Waals surface area contributed by atoms with Gasteiger partial charge in [-0.25, -0.2) is 4.99 Å². The second-order valence-corrected chi connectivity index (χ2v) is 5.64. The number of aliphatic hydroxyl groups is 1. The highest BCUT2D eigenvalue weighted by Crippen LogP contribution is 2.31. The summed E-state index contributed by atoms with van der Waals surface area (Å²) in [6.45, 7) is 9.38. The van der Waals surface area contributed by atoms with E-state index in [1.165, 1.54) is 0 Å². The molecule has 0 spiro atoms. The Labute approximate surface area is 96.5 Å². The third kappa shape index (κ3) is 2.64. The van der Waals surface area contributed by atoms with Crippen LogP contribution in [0.3, 0.4) is 0 Å². The summed E-state index contributed by atoms with van der Waals surface area (Å²) in [4.78, 5) is 4.44. The molecular formula is C11H20ClNO2. The average molecular weight is 234 g/mol. The van der Waals surface area contributed by atoms with Crippen LogP contribution in [0.15, 0.2) is 4.99 Å². The number of rotatable bonds is 3. The van der Waals surface area contributed by atoms with Gasteiger partial charge in [-0.15, -0.1) is 11.6 Å². The zero-order chi connectivity index (χ0) is 11.9. The Bertz CT molecular complexity index is 268. The lowest BCUT2D eigenvalue weighted by atomic mass is 9.95. The van der Waals surface area contributed by atoms with Gasteiger partial charge in [0.2, 0.25) is 0 Å². The minimum Gasteiger partial charge on any atom is -0.475 e. The van der Waals surface area contributed by atoms with Gasteiger partial charge in [0.25, 0.3) is 0 Å². The molecule has 3 nitrogen and oxygen atoms in total. The molecule has 0 bridgehead atoms. The molecule has 0 radical (unpaired) electrons. The van der Waals surface area contributed by atoms with Gasteiger partial charge in [0.15, 0.2) is 5.90 Å². The number of hydrogen-bond donors (Lipinski definition) is 1. The van der Waals surface area contributed by atoms with E-state index in [0.717, 1.165) is 0 Å². The van der Waals surface area contributed by atoms with E-state index in [0.29, 0.717) is 11.8 Å². The van der Waals surface area contributed by atoms with E-state index < -0.39 is 5.60 Å². The van der Waals surface area contributed by atoms with Gasteiger partial charge in [-0.2, -0.15) is 0 Å². The summed E-state index contributed by atoms with van der Waals surface area (Å²) < 4.78 is 5.66. The average Bonchev–Trinajstić information content (AvgIpc) is 2.47. The summed E-state index contributed by atoms with van der Waals surface area (Å²) in [5.74, 6) is 1.11. The first-order chi connectivity index (χ1) is 6.68. The van der Waals surface area contributed by atoms with Gasteiger partial charge < -0.3 is 9.84 Å². The smallest absolute Gasteiger partial charge is 0.191 e. The molecule has 0 saturated carbocycles. The van der Waals surface area contributed by atoms with E-state index in [-0.39, 0.29) is 17.6 Å². The van der Waals surface area contributed by atoms with Crippen LogP contribution in [-0.2, 0) is 4.74 Å². The number of hydrogen-bond acceptors (Lipinski definition) is 3. The van der Waals surface area contributed by atoms with Crippen molar-refractivity contribution in [3.8, 4) is 0 Å². The molecule has 0 aromatic rings. The molecule has 0 amide bonds. The van der Waals surface area contributed by atoms with Crippen LogP contribution in [0.1, 0.15) is 34.6 Å². The summed E-state index contributed by atoms with van der Waals surface area (Å²) in [6, 6.07) is -0.213. The van der Waals surface area contributed by atoms with E-state index in [4.69, 9.17) is 16.3 Å². The van der Waals surface area contributed by atoms with Crippen LogP contribution in [0, 0.1) is 5.41 Å². The maximum atomic E-state index is 9.92. The zero-order valence-electron chi connectivity index (χ0n) is 10.0. The number of alkyl halides is 1. The first-order valence-electron chi connectivity index (χ1n) is 5.22. The largest absolute Gasteiger partial charge is 0.475 e. The molecule has 0 aromatic carbocycles. The third-order valence-electron chi connectivity index (χ3n) is 2.64. The molecule has 4 heteroatoms. The Balaban J connectivity index is 2.90. The van der Waals surface area contributed by atoms with Gasteiger partial charge in [0, 0.05) is 5.88 Å². The van der Waals surface area contributed by atoms with E-state index in [1.54, 1.807) is 13.8 Å². The van der Waals surface area contributed by atoms with Crippen LogP contribution >= 0.6 is 11.6 Å². The van der Waals surface area contributed by atoms with Crippen LogP contribution in [0.2, 0.25) is 0 Å². The van der Waals surface area contributed by atoms with Crippen molar-refractivity contribution in [3.63, 3.8) is 0 Å². The lowest BCUT2D eigenvalue weighted by Gasteiger charge is -2.25. The van der Waals surface area contributed by atoms with Gasteiger partial charge in [0.1, 0.15) is 12.1 Å². The molecule has 2 atom stereocenters. The normalized spacial score (nSPS) is 27.5. The summed E-state index contributed by atoms with van der Waals surface area (Å²) in [5.41, 5.74) is -1.13. The third-order valence-corrected chi connectivity index (χ3v) is 3.30. The molecule has 1 heterocycles. The zero-order valence-corrected chi connectivity index (χ0v) is 10.8. The molecule has 1 aliphatic heterocycles. The van der Waals surface area contributed by atoms with E-state index in [2.05, 4.69) is 4.99 Å². The molecule has 15 heavy (non-hydrogen) atoms. The number of nitrogens with zero attached hydrogens (tertiary/aromatic N) is 1. The molecular weight excluding hydrogens is 214 g/mol. The Kier molecular flexibility index (Phi) is 3.36. The van der Waals surface area contributed by atoms with Crippen molar-refractivity contribution in [2.45, 2.75) is 52.4 Å². The fourth-order valence-corrected chi connectivity index (χ4v) is 1.74. The molecule has 0 aliphatic carbocycles. The maximum absolute atomic E-state index is 9.92. The molecule has 1 aliphatic rings. The van der Waals surface area contributed by atoms with Crippen molar-refractivity contribution in [1.82, 2.24) is 0 Å². The second kappa shape index (κ2) is 3.95. The topological polar surface area (TPSA) is 41.8 Å². The van der Waals surface area contributed by atoms with Crippen molar-refractivity contribution >= 4 is 17.5 Å². The fraction of sp³-hybridized carbons (Fsp3) is 0.909. The number of halogens is 1. The predicted octanol–water partition coefficient (Wildman–Crippen LogP) is 2.21. The Morgan fingerprint density at radius 3 is 2.27 bits per heavy atom. The minimum absolute atomic E-state index is 0.0949. The van der Waals surface area contributed by atoms with Crippen LogP contribution in [0.5, 0.6) is 0 Å². The van der Waals surface area contributed by atoms with Crippen LogP contribution < -0.4 is 0 Å². The number of ether oxygens (including phenoxy) is 1. The lowest BCUT2D eigenvalue weighted by molar-refractivity contribution is 0.0203. The van der Waals surface area contributed by atoms with Gasteiger partial charge in [-0.1, -0.05) is 0 Å². The van der Waals surface area contributed by atoms with Crippen molar-refractivity contribution in [2.75, 3.05) is 5.88 Å². The molecule has 2 unspecified atom stereocenters. The van der Waals surface area contributed by atoms with Gasteiger partial charge in [-0.05, 0) is 34.6 Å². The first kappa shape index (κ1) is 12.8. The first-order valence-corrected chi connectivity index (χ1v) is 5.75. The van der Waals surface area contributed by atoms with Crippen LogP contribution in [0.4, 0.5) is 0 Å². The van der Waals surface area contributed by atoms with Crippen LogP contribution in [-0.4, -0.2) is 34.6 Å². The highest BCUT2D eigenvalue weighted by atomic mass is 35.5. The Morgan fingerprint density at radius 2 is 1.93 bits per heavy atom. The molecule has 1 N–H and O–H groups in total. The van der Waals surface area contributed by atoms with Crippen LogP contribution in [0.25, 0.3) is 0 Å². The molecule has 88 valence electrons. The molecule has 0 aromatic heterocycles. The van der Waals surface area contributed by atoms with E-state index in [1.807, 2.05) is 20.8 Å². The van der Waals surface area contributed by atoms with E-state index in [9.17, 15) is 5.11 Å². The standard InChI is InChI=1S/C11H20ClNO2/c1-7-8(11(4,5)14)13-9(15-7)10(2,3)6-12/h7-8,14H,6H2,1-5H3. The molecule has 0 fully saturated rings. The Hall–Kier alpha value is -0.280. The summed E-state index contributed by atoms with van der Waals surface area (Å²) >= 11 is 5.86. The van der Waals surface area contributed by atoms with Gasteiger partial charge >= 0.3 is 0 Å².